The Morgan fingerprint density at radius 2 is 1.74 bits per heavy atom. The van der Waals surface area contributed by atoms with Crippen LogP contribution in [0.2, 0.25) is 15.1 Å². The smallest absolute Gasteiger partial charge is 0.0840 e. The second kappa shape index (κ2) is 12.5. The summed E-state index contributed by atoms with van der Waals surface area (Å²) in [4.78, 5) is 2.37. The quantitative estimate of drug-likeness (QED) is 0.272. The topological polar surface area (TPSA) is 33.1 Å². The first-order valence-electron chi connectivity index (χ1n) is 14.4. The zero-order chi connectivity index (χ0) is 27.7. The van der Waals surface area contributed by atoms with Crippen molar-refractivity contribution < 1.29 is 0 Å². The average molecular weight is 588 g/mol. The molecule has 2 saturated carbocycles. The number of likely N-dealkylation sites (N-methyl/N-ethyl adjacent to an activating group) is 1. The Morgan fingerprint density at radius 1 is 1.00 bits per heavy atom. The van der Waals surface area contributed by atoms with Crippen LogP contribution in [-0.2, 0) is 6.54 Å². The van der Waals surface area contributed by atoms with Gasteiger partial charge in [0.25, 0.3) is 0 Å². The number of nitrogens with one attached hydrogen (secondary N) is 1. The molecule has 0 amide bonds. The molecule has 0 saturated heterocycles. The van der Waals surface area contributed by atoms with Crippen molar-refractivity contribution in [2.75, 3.05) is 20.1 Å². The van der Waals surface area contributed by atoms with E-state index in [9.17, 15) is 0 Å². The molecule has 1 aromatic heterocycles. The highest BCUT2D eigenvalue weighted by Crippen LogP contribution is 2.45. The van der Waals surface area contributed by atoms with E-state index in [1.807, 2.05) is 41.1 Å². The van der Waals surface area contributed by atoms with Gasteiger partial charge in [-0.3, -0.25) is 4.90 Å². The van der Waals surface area contributed by atoms with Crippen LogP contribution in [-0.4, -0.2) is 40.9 Å². The van der Waals surface area contributed by atoms with Crippen LogP contribution in [0.15, 0.2) is 42.5 Å². The Kier molecular flexibility index (Phi) is 9.30. The van der Waals surface area contributed by atoms with Crippen LogP contribution in [0.25, 0.3) is 16.9 Å². The van der Waals surface area contributed by atoms with E-state index >= 15 is 0 Å². The second-order valence-electron chi connectivity index (χ2n) is 12.0. The number of nitrogens with zero attached hydrogens (tertiary/aromatic N) is 3. The third-order valence-electron chi connectivity index (χ3n) is 9.02. The van der Waals surface area contributed by atoms with E-state index in [-0.39, 0.29) is 0 Å². The molecule has 5 rings (SSSR count). The molecule has 2 fully saturated rings. The van der Waals surface area contributed by atoms with Gasteiger partial charge >= 0.3 is 0 Å². The lowest BCUT2D eigenvalue weighted by molar-refractivity contribution is 0.0600. The molecule has 0 spiro atoms. The Hall–Kier alpha value is -1.56. The molecule has 1 N–H and O–H groups in total. The van der Waals surface area contributed by atoms with Gasteiger partial charge in [-0.15, -0.1) is 0 Å². The third kappa shape index (κ3) is 6.52. The molecule has 2 aliphatic rings. The lowest BCUT2D eigenvalue weighted by atomic mass is 9.62. The van der Waals surface area contributed by atoms with Crippen molar-refractivity contribution >= 4 is 34.8 Å². The van der Waals surface area contributed by atoms with Crippen molar-refractivity contribution in [3.8, 4) is 16.9 Å². The average Bonchev–Trinajstić information content (AvgIpc) is 3.20. The first-order valence-corrected chi connectivity index (χ1v) is 15.6. The summed E-state index contributed by atoms with van der Waals surface area (Å²) in [5.41, 5.74) is 5.07. The zero-order valence-corrected chi connectivity index (χ0v) is 25.8. The van der Waals surface area contributed by atoms with Crippen LogP contribution in [0.5, 0.6) is 0 Å². The summed E-state index contributed by atoms with van der Waals surface area (Å²) in [6.45, 7) is 9.71. The van der Waals surface area contributed by atoms with Gasteiger partial charge in [0.1, 0.15) is 0 Å². The van der Waals surface area contributed by atoms with Gasteiger partial charge in [-0.2, -0.15) is 5.10 Å². The van der Waals surface area contributed by atoms with Gasteiger partial charge in [0.2, 0.25) is 0 Å². The van der Waals surface area contributed by atoms with Crippen molar-refractivity contribution in [2.45, 2.75) is 65.5 Å². The molecule has 4 nitrogen and oxygen atoms in total. The first-order chi connectivity index (χ1) is 18.7. The van der Waals surface area contributed by atoms with Crippen LogP contribution in [0.3, 0.4) is 0 Å². The number of aromatic nitrogens is 2. The van der Waals surface area contributed by atoms with E-state index in [1.54, 1.807) is 6.07 Å². The molecule has 2 bridgehead atoms. The number of fused-ring (bicyclic) bond motifs is 2. The van der Waals surface area contributed by atoms with E-state index in [4.69, 9.17) is 39.9 Å². The van der Waals surface area contributed by atoms with Crippen LogP contribution in [0, 0.1) is 30.6 Å². The highest BCUT2D eigenvalue weighted by Gasteiger charge is 2.40. The van der Waals surface area contributed by atoms with Gasteiger partial charge < -0.3 is 5.32 Å². The van der Waals surface area contributed by atoms with Gasteiger partial charge in [0.15, 0.2) is 0 Å². The number of hydrogen-bond donors (Lipinski definition) is 1. The van der Waals surface area contributed by atoms with Crippen LogP contribution >= 0.6 is 34.8 Å². The molecular formula is C32H41Cl3N4. The largest absolute Gasteiger partial charge is 0.312 e. The SMILES string of the molecule is CCC1CC2CC(C)CC(C2)C1NCCN(C)Cc1nn(-c2ccc(Cl)cc2Cl)c(-c2ccc(Cl)cc2)c1C. The molecule has 0 radical (unpaired) electrons. The van der Waals surface area contributed by atoms with E-state index in [0.717, 1.165) is 71.5 Å². The van der Waals surface area contributed by atoms with Crippen molar-refractivity contribution in [1.82, 2.24) is 20.0 Å². The molecule has 1 heterocycles. The van der Waals surface area contributed by atoms with Crippen molar-refractivity contribution in [3.05, 3.63) is 68.8 Å². The van der Waals surface area contributed by atoms with Crippen molar-refractivity contribution in [1.29, 1.82) is 0 Å². The van der Waals surface area contributed by atoms with Crippen molar-refractivity contribution in [2.24, 2.45) is 23.7 Å². The van der Waals surface area contributed by atoms with Crippen molar-refractivity contribution in [3.63, 3.8) is 0 Å². The molecule has 7 heteroatoms. The minimum atomic E-state index is 0.571. The van der Waals surface area contributed by atoms with E-state index in [1.165, 1.54) is 32.1 Å². The molecule has 3 aromatic rings. The van der Waals surface area contributed by atoms with Gasteiger partial charge in [-0.25, -0.2) is 4.68 Å². The maximum atomic E-state index is 6.64. The predicted molar refractivity (Wildman–Crippen MR) is 165 cm³/mol. The highest BCUT2D eigenvalue weighted by atomic mass is 35.5. The highest BCUT2D eigenvalue weighted by molar-refractivity contribution is 6.35. The Balaban J connectivity index is 1.32. The molecule has 5 atom stereocenters. The summed E-state index contributed by atoms with van der Waals surface area (Å²) in [5.74, 6) is 3.48. The van der Waals surface area contributed by atoms with E-state index in [0.29, 0.717) is 21.1 Å². The Labute approximate surface area is 249 Å². The normalized spacial score (nSPS) is 24.9. The summed E-state index contributed by atoms with van der Waals surface area (Å²) in [5, 5.41) is 11.0. The Morgan fingerprint density at radius 3 is 2.46 bits per heavy atom. The Bertz CT molecular complexity index is 1270. The molecule has 2 aliphatic carbocycles. The zero-order valence-electron chi connectivity index (χ0n) is 23.6. The maximum Gasteiger partial charge on any atom is 0.0840 e. The fourth-order valence-corrected chi connectivity index (χ4v) is 7.84. The molecule has 39 heavy (non-hydrogen) atoms. The molecule has 2 aromatic carbocycles. The number of benzene rings is 2. The number of hydrogen-bond acceptors (Lipinski definition) is 3. The standard InChI is InChI=1S/C32H41Cl3N4/c1-5-23-16-22-14-20(2)15-25(17-22)31(23)36-12-13-38(4)19-29-21(3)32(24-6-8-26(33)9-7-24)39(37-29)30-11-10-27(34)18-28(30)35/h6-11,18,20,22-23,25,31,36H,5,12-17,19H2,1-4H3. The summed E-state index contributed by atoms with van der Waals surface area (Å²) in [6.07, 6.45) is 6.94. The number of halogens is 3. The lowest BCUT2D eigenvalue weighted by Crippen LogP contribution is -2.50. The van der Waals surface area contributed by atoms with Gasteiger partial charge in [0.05, 0.1) is 22.1 Å². The predicted octanol–water partition coefficient (Wildman–Crippen LogP) is 8.68. The second-order valence-corrected chi connectivity index (χ2v) is 13.3. The molecule has 0 aliphatic heterocycles. The van der Waals surface area contributed by atoms with Gasteiger partial charge in [0, 0.05) is 41.3 Å². The summed E-state index contributed by atoms with van der Waals surface area (Å²) < 4.78 is 1.95. The molecule has 210 valence electrons. The van der Waals surface area contributed by atoms with Crippen LogP contribution in [0.4, 0.5) is 0 Å². The van der Waals surface area contributed by atoms with E-state index < -0.39 is 0 Å². The maximum absolute atomic E-state index is 6.64. The number of rotatable bonds is 9. The summed E-state index contributed by atoms with van der Waals surface area (Å²) in [6, 6.07) is 14.1. The van der Waals surface area contributed by atoms with Gasteiger partial charge in [-0.05, 0) is 99.2 Å². The minimum Gasteiger partial charge on any atom is -0.312 e. The van der Waals surface area contributed by atoms with E-state index in [2.05, 4.69) is 38.0 Å². The summed E-state index contributed by atoms with van der Waals surface area (Å²) >= 11 is 19.0. The summed E-state index contributed by atoms with van der Waals surface area (Å²) in [7, 11) is 2.19. The fourth-order valence-electron chi connectivity index (χ4n) is 7.22. The van der Waals surface area contributed by atoms with Crippen LogP contribution in [0.1, 0.15) is 57.2 Å². The monoisotopic (exact) mass is 586 g/mol. The minimum absolute atomic E-state index is 0.571. The fraction of sp³-hybridized carbons (Fsp3) is 0.531. The lowest BCUT2D eigenvalue weighted by Gasteiger charge is -2.47. The molecule has 5 unspecified atom stereocenters. The molecular weight excluding hydrogens is 547 g/mol. The van der Waals surface area contributed by atoms with Gasteiger partial charge in [-0.1, -0.05) is 67.2 Å². The van der Waals surface area contributed by atoms with Crippen LogP contribution < -0.4 is 5.32 Å². The third-order valence-corrected chi connectivity index (χ3v) is 9.81. The first kappa shape index (κ1) is 29.0.